The van der Waals surface area contributed by atoms with Crippen LogP contribution in [0.4, 0.5) is 10.1 Å². The van der Waals surface area contributed by atoms with Crippen LogP contribution in [0.1, 0.15) is 6.42 Å². The van der Waals surface area contributed by atoms with Gasteiger partial charge in [0.1, 0.15) is 0 Å². The summed E-state index contributed by atoms with van der Waals surface area (Å²) in [5.41, 5.74) is -0.0307. The lowest BCUT2D eigenvalue weighted by atomic mass is 10.1. The molecule has 0 aliphatic carbocycles. The molecule has 4 nitrogen and oxygen atoms in total. The smallest absolute Gasteiger partial charge is 0.228 e. The van der Waals surface area contributed by atoms with E-state index in [0.29, 0.717) is 0 Å². The first-order valence-corrected chi connectivity index (χ1v) is 7.54. The summed E-state index contributed by atoms with van der Waals surface area (Å²) in [5.74, 6) is -2.00. The largest absolute Gasteiger partial charge is 0.323 e. The van der Waals surface area contributed by atoms with Crippen molar-refractivity contribution in [3.05, 3.63) is 29.0 Å². The van der Waals surface area contributed by atoms with Gasteiger partial charge in [0.25, 0.3) is 0 Å². The average molecular weight is 292 g/mol. The van der Waals surface area contributed by atoms with Crippen LogP contribution in [-0.4, -0.2) is 25.8 Å². The lowest BCUT2D eigenvalue weighted by Gasteiger charge is -2.10. The Labute approximate surface area is 109 Å². The third-order valence-corrected chi connectivity index (χ3v) is 4.87. The number of anilines is 1. The van der Waals surface area contributed by atoms with Crippen molar-refractivity contribution in [3.63, 3.8) is 0 Å². The van der Waals surface area contributed by atoms with E-state index in [0.717, 1.165) is 0 Å². The van der Waals surface area contributed by atoms with Crippen LogP contribution in [0.2, 0.25) is 5.02 Å². The van der Waals surface area contributed by atoms with Crippen molar-refractivity contribution in [1.29, 1.82) is 0 Å². The first kappa shape index (κ1) is 13.3. The van der Waals surface area contributed by atoms with Crippen LogP contribution in [0.15, 0.2) is 18.2 Å². The van der Waals surface area contributed by atoms with E-state index in [-0.39, 0.29) is 28.6 Å². The standard InChI is InChI=1S/C11H11ClFNO3S/c12-8-2-1-3-9(10(8)13)14-11(15)7-4-5-18(16,17)6-7/h1-3,7H,4-6H2,(H,14,15)/t7-/m0/s1. The van der Waals surface area contributed by atoms with Gasteiger partial charge in [-0.3, -0.25) is 4.79 Å². The third kappa shape index (κ3) is 2.81. The number of nitrogens with one attached hydrogen (secondary N) is 1. The topological polar surface area (TPSA) is 63.2 Å². The molecule has 18 heavy (non-hydrogen) atoms. The third-order valence-electron chi connectivity index (χ3n) is 2.81. The summed E-state index contributed by atoms with van der Waals surface area (Å²) in [6, 6.07) is 4.25. The molecule has 98 valence electrons. The van der Waals surface area contributed by atoms with Crippen molar-refractivity contribution in [2.45, 2.75) is 6.42 Å². The van der Waals surface area contributed by atoms with E-state index in [1.807, 2.05) is 0 Å². The van der Waals surface area contributed by atoms with Gasteiger partial charge in [-0.1, -0.05) is 17.7 Å². The molecule has 1 saturated heterocycles. The van der Waals surface area contributed by atoms with Crippen molar-refractivity contribution in [2.24, 2.45) is 5.92 Å². The Kier molecular flexibility index (Phi) is 3.59. The molecule has 0 radical (unpaired) electrons. The summed E-state index contributed by atoms with van der Waals surface area (Å²) in [6.07, 6.45) is 0.274. The first-order valence-electron chi connectivity index (χ1n) is 5.34. The van der Waals surface area contributed by atoms with Gasteiger partial charge in [0.15, 0.2) is 15.7 Å². The van der Waals surface area contributed by atoms with Crippen molar-refractivity contribution < 1.29 is 17.6 Å². The maximum atomic E-state index is 13.5. The normalized spacial score (nSPS) is 21.8. The summed E-state index contributed by atoms with van der Waals surface area (Å²) < 4.78 is 36.0. The lowest BCUT2D eigenvalue weighted by molar-refractivity contribution is -0.119. The van der Waals surface area contributed by atoms with Crippen LogP contribution in [0.5, 0.6) is 0 Å². The molecule has 1 heterocycles. The maximum absolute atomic E-state index is 13.5. The van der Waals surface area contributed by atoms with Gasteiger partial charge in [-0.2, -0.15) is 0 Å². The minimum atomic E-state index is -3.13. The van der Waals surface area contributed by atoms with Crippen LogP contribution in [0.25, 0.3) is 0 Å². The predicted octanol–water partition coefficient (Wildman–Crippen LogP) is 1.85. The summed E-state index contributed by atoms with van der Waals surface area (Å²) in [5, 5.41) is 2.28. The highest BCUT2D eigenvalue weighted by atomic mass is 35.5. The first-order chi connectivity index (χ1) is 8.39. The van der Waals surface area contributed by atoms with Crippen molar-refractivity contribution in [1.82, 2.24) is 0 Å². The van der Waals surface area contributed by atoms with E-state index < -0.39 is 27.5 Å². The molecule has 0 aromatic heterocycles. The average Bonchev–Trinajstić information content (AvgIpc) is 2.65. The summed E-state index contributed by atoms with van der Waals surface area (Å²) in [6.45, 7) is 0. The maximum Gasteiger partial charge on any atom is 0.228 e. The predicted molar refractivity (Wildman–Crippen MR) is 66.8 cm³/mol. The minimum Gasteiger partial charge on any atom is -0.323 e. The highest BCUT2D eigenvalue weighted by Gasteiger charge is 2.33. The van der Waals surface area contributed by atoms with Crippen LogP contribution in [0.3, 0.4) is 0 Å². The Morgan fingerprint density at radius 3 is 2.78 bits per heavy atom. The lowest BCUT2D eigenvalue weighted by Crippen LogP contribution is -2.24. The van der Waals surface area contributed by atoms with Gasteiger partial charge in [0.2, 0.25) is 5.91 Å². The molecule has 1 aromatic rings. The number of hydrogen-bond donors (Lipinski definition) is 1. The minimum absolute atomic E-state index is 0.00309. The van der Waals surface area contributed by atoms with E-state index in [1.54, 1.807) is 0 Å². The Morgan fingerprint density at radius 2 is 2.17 bits per heavy atom. The number of carbonyl (C=O) groups excluding carboxylic acids is 1. The van der Waals surface area contributed by atoms with E-state index in [2.05, 4.69) is 5.32 Å². The zero-order chi connectivity index (χ0) is 13.3. The number of sulfone groups is 1. The van der Waals surface area contributed by atoms with Gasteiger partial charge in [-0.15, -0.1) is 0 Å². The Morgan fingerprint density at radius 1 is 1.44 bits per heavy atom. The molecule has 0 bridgehead atoms. The molecule has 0 unspecified atom stereocenters. The van der Waals surface area contributed by atoms with Crippen LogP contribution >= 0.6 is 11.6 Å². The molecule has 0 spiro atoms. The Hall–Kier alpha value is -1.14. The quantitative estimate of drug-likeness (QED) is 0.904. The van der Waals surface area contributed by atoms with E-state index in [1.165, 1.54) is 18.2 Å². The number of halogens is 2. The molecule has 0 saturated carbocycles. The SMILES string of the molecule is O=C(Nc1cccc(Cl)c1F)[C@H]1CCS(=O)(=O)C1. The number of amides is 1. The zero-order valence-corrected chi connectivity index (χ0v) is 10.9. The van der Waals surface area contributed by atoms with E-state index in [9.17, 15) is 17.6 Å². The molecule has 1 N–H and O–H groups in total. The van der Waals surface area contributed by atoms with Crippen molar-refractivity contribution in [2.75, 3.05) is 16.8 Å². The number of hydrogen-bond acceptors (Lipinski definition) is 3. The van der Waals surface area contributed by atoms with Crippen molar-refractivity contribution in [3.8, 4) is 0 Å². The number of benzene rings is 1. The molecule has 1 aliphatic rings. The molecule has 1 aromatic carbocycles. The second kappa shape index (κ2) is 4.85. The fraction of sp³-hybridized carbons (Fsp3) is 0.364. The summed E-state index contributed by atoms with van der Waals surface area (Å²) in [7, 11) is -3.13. The van der Waals surface area contributed by atoms with Crippen LogP contribution < -0.4 is 5.32 Å². The zero-order valence-electron chi connectivity index (χ0n) is 9.32. The highest BCUT2D eigenvalue weighted by Crippen LogP contribution is 2.24. The van der Waals surface area contributed by atoms with Gasteiger partial charge >= 0.3 is 0 Å². The Balaban J connectivity index is 2.11. The number of rotatable bonds is 2. The number of carbonyl (C=O) groups is 1. The summed E-state index contributed by atoms with van der Waals surface area (Å²) >= 11 is 5.58. The fourth-order valence-electron chi connectivity index (χ4n) is 1.84. The molecule has 1 atom stereocenters. The van der Waals surface area contributed by atoms with E-state index >= 15 is 0 Å². The van der Waals surface area contributed by atoms with Crippen molar-refractivity contribution >= 4 is 33.0 Å². The molecule has 1 aliphatic heterocycles. The second-order valence-corrected chi connectivity index (χ2v) is 6.83. The van der Waals surface area contributed by atoms with Gasteiger partial charge in [0, 0.05) is 0 Å². The van der Waals surface area contributed by atoms with Gasteiger partial charge in [-0.05, 0) is 18.6 Å². The molecule has 2 rings (SSSR count). The van der Waals surface area contributed by atoms with Crippen LogP contribution in [-0.2, 0) is 14.6 Å². The monoisotopic (exact) mass is 291 g/mol. The Bertz CT molecular complexity index is 588. The molecule has 7 heteroatoms. The molecule has 1 fully saturated rings. The highest BCUT2D eigenvalue weighted by molar-refractivity contribution is 7.91. The van der Waals surface area contributed by atoms with Gasteiger partial charge in [0.05, 0.1) is 28.1 Å². The fourth-order valence-corrected chi connectivity index (χ4v) is 3.75. The van der Waals surface area contributed by atoms with Gasteiger partial charge in [-0.25, -0.2) is 12.8 Å². The summed E-state index contributed by atoms with van der Waals surface area (Å²) in [4.78, 5) is 11.8. The second-order valence-electron chi connectivity index (χ2n) is 4.19. The van der Waals surface area contributed by atoms with E-state index in [4.69, 9.17) is 11.6 Å². The molecular weight excluding hydrogens is 281 g/mol. The molecule has 1 amide bonds. The van der Waals surface area contributed by atoms with Gasteiger partial charge < -0.3 is 5.32 Å². The van der Waals surface area contributed by atoms with Crippen LogP contribution in [0, 0.1) is 11.7 Å². The molecular formula is C11H11ClFNO3S.